The van der Waals surface area contributed by atoms with Crippen molar-refractivity contribution in [3.8, 4) is 11.5 Å². The lowest BCUT2D eigenvalue weighted by Gasteiger charge is -2.32. The van der Waals surface area contributed by atoms with E-state index in [1.165, 1.54) is 12.1 Å². The molecule has 0 heterocycles. The third-order valence-corrected chi connectivity index (χ3v) is 4.37. The minimum absolute atomic E-state index is 0.00564. The molecule has 4 heteroatoms. The molecule has 0 amide bonds. The summed E-state index contributed by atoms with van der Waals surface area (Å²) < 4.78 is 0. The summed E-state index contributed by atoms with van der Waals surface area (Å²) in [5.41, 5.74) is 0.733. The van der Waals surface area contributed by atoms with Crippen molar-refractivity contribution in [3.63, 3.8) is 0 Å². The number of hydrogen-bond acceptors (Lipinski definition) is 4. The molecule has 1 rings (SSSR count). The summed E-state index contributed by atoms with van der Waals surface area (Å²) >= 11 is 0. The molecule has 0 fully saturated rings. The van der Waals surface area contributed by atoms with Crippen LogP contribution in [-0.4, -0.2) is 41.8 Å². The lowest BCUT2D eigenvalue weighted by Crippen LogP contribution is -2.43. The van der Waals surface area contributed by atoms with Crippen LogP contribution in [-0.2, 0) is 0 Å². The van der Waals surface area contributed by atoms with Gasteiger partial charge >= 0.3 is 0 Å². The highest BCUT2D eigenvalue weighted by Gasteiger charge is 2.21. The highest BCUT2D eigenvalue weighted by Crippen LogP contribution is 2.28. The van der Waals surface area contributed by atoms with Crippen molar-refractivity contribution in [2.75, 3.05) is 20.6 Å². The molecule has 0 spiro atoms. The van der Waals surface area contributed by atoms with Crippen LogP contribution in [0, 0.1) is 5.92 Å². The van der Waals surface area contributed by atoms with E-state index in [0.29, 0.717) is 12.0 Å². The quantitative estimate of drug-likeness (QED) is 0.645. The Morgan fingerprint density at radius 3 is 2.29 bits per heavy atom. The number of rotatable bonds is 8. The van der Waals surface area contributed by atoms with Crippen LogP contribution >= 0.6 is 0 Å². The molecule has 1 aromatic rings. The van der Waals surface area contributed by atoms with Gasteiger partial charge in [0.2, 0.25) is 0 Å². The molecule has 3 N–H and O–H groups in total. The number of benzene rings is 1. The van der Waals surface area contributed by atoms with Crippen LogP contribution in [0.3, 0.4) is 0 Å². The molecule has 1 aromatic carbocycles. The maximum absolute atomic E-state index is 9.92. The fraction of sp³-hybridized carbons (Fsp3) is 0.647. The second kappa shape index (κ2) is 8.25. The van der Waals surface area contributed by atoms with Crippen molar-refractivity contribution in [2.45, 2.75) is 45.7 Å². The van der Waals surface area contributed by atoms with E-state index in [1.807, 2.05) is 6.92 Å². The van der Waals surface area contributed by atoms with Crippen molar-refractivity contribution in [2.24, 2.45) is 5.92 Å². The Kier molecular flexibility index (Phi) is 6.99. The minimum Gasteiger partial charge on any atom is -0.508 e. The van der Waals surface area contributed by atoms with Crippen LogP contribution in [0.25, 0.3) is 0 Å². The second-order valence-electron chi connectivity index (χ2n) is 5.98. The zero-order chi connectivity index (χ0) is 16.0. The van der Waals surface area contributed by atoms with Crippen LogP contribution in [0.1, 0.15) is 45.2 Å². The molecule has 2 atom stereocenters. The molecule has 0 saturated heterocycles. The van der Waals surface area contributed by atoms with Gasteiger partial charge in [-0.25, -0.2) is 0 Å². The number of hydrogen-bond donors (Lipinski definition) is 3. The molecule has 0 radical (unpaired) electrons. The summed E-state index contributed by atoms with van der Waals surface area (Å²) in [5, 5.41) is 23.0. The van der Waals surface area contributed by atoms with Gasteiger partial charge in [-0.3, -0.25) is 0 Å². The fourth-order valence-corrected chi connectivity index (χ4v) is 2.90. The van der Waals surface area contributed by atoms with E-state index in [-0.39, 0.29) is 17.5 Å². The van der Waals surface area contributed by atoms with Gasteiger partial charge in [-0.2, -0.15) is 0 Å². The number of aromatic hydroxyl groups is 2. The number of phenols is 2. The molecule has 0 aliphatic rings. The third kappa shape index (κ3) is 4.90. The smallest absolute Gasteiger partial charge is 0.120 e. The van der Waals surface area contributed by atoms with Crippen molar-refractivity contribution in [3.05, 3.63) is 23.8 Å². The summed E-state index contributed by atoms with van der Waals surface area (Å²) in [4.78, 5) is 2.26. The minimum atomic E-state index is -0.00564. The first-order chi connectivity index (χ1) is 9.90. The van der Waals surface area contributed by atoms with Gasteiger partial charge < -0.3 is 20.4 Å². The first-order valence-electron chi connectivity index (χ1n) is 7.82. The van der Waals surface area contributed by atoms with E-state index in [1.54, 1.807) is 6.07 Å². The number of nitrogens with zero attached hydrogens (tertiary/aromatic N) is 1. The Bertz CT molecular complexity index is 431. The van der Waals surface area contributed by atoms with Crippen molar-refractivity contribution < 1.29 is 10.2 Å². The Morgan fingerprint density at radius 1 is 1.14 bits per heavy atom. The van der Waals surface area contributed by atoms with Gasteiger partial charge in [-0.15, -0.1) is 0 Å². The van der Waals surface area contributed by atoms with Crippen molar-refractivity contribution in [1.29, 1.82) is 0 Å². The van der Waals surface area contributed by atoms with Gasteiger partial charge in [0, 0.05) is 24.2 Å². The monoisotopic (exact) mass is 294 g/mol. The van der Waals surface area contributed by atoms with E-state index < -0.39 is 0 Å². The van der Waals surface area contributed by atoms with E-state index >= 15 is 0 Å². The molecular weight excluding hydrogens is 264 g/mol. The molecule has 0 aliphatic carbocycles. The van der Waals surface area contributed by atoms with Crippen LogP contribution in [0.5, 0.6) is 11.5 Å². The average Bonchev–Trinajstić information content (AvgIpc) is 2.45. The maximum Gasteiger partial charge on any atom is 0.120 e. The topological polar surface area (TPSA) is 55.7 Å². The normalized spacial score (nSPS) is 14.6. The zero-order valence-electron chi connectivity index (χ0n) is 13.9. The number of phenolic OH excluding ortho intramolecular Hbond substituents is 2. The van der Waals surface area contributed by atoms with E-state index in [9.17, 15) is 10.2 Å². The van der Waals surface area contributed by atoms with Crippen LogP contribution in [0.4, 0.5) is 0 Å². The van der Waals surface area contributed by atoms with Gasteiger partial charge in [-0.1, -0.05) is 26.7 Å². The van der Waals surface area contributed by atoms with Crippen LogP contribution < -0.4 is 5.32 Å². The average molecular weight is 294 g/mol. The van der Waals surface area contributed by atoms with Gasteiger partial charge in [0.25, 0.3) is 0 Å². The summed E-state index contributed by atoms with van der Waals surface area (Å²) in [6, 6.07) is 5.11. The van der Waals surface area contributed by atoms with E-state index in [0.717, 1.165) is 24.9 Å². The molecule has 0 aliphatic heterocycles. The highest BCUT2D eigenvalue weighted by atomic mass is 16.3. The molecule has 21 heavy (non-hydrogen) atoms. The van der Waals surface area contributed by atoms with Gasteiger partial charge in [-0.05, 0) is 45.1 Å². The Morgan fingerprint density at radius 2 is 1.76 bits per heavy atom. The van der Waals surface area contributed by atoms with Gasteiger partial charge in [0.15, 0.2) is 0 Å². The lowest BCUT2D eigenvalue weighted by atomic mass is 9.93. The Hall–Kier alpha value is -1.26. The zero-order valence-corrected chi connectivity index (χ0v) is 13.9. The fourth-order valence-electron chi connectivity index (χ4n) is 2.90. The predicted octanol–water partition coefficient (Wildman–Crippen LogP) is 3.11. The largest absolute Gasteiger partial charge is 0.508 e. The molecule has 0 bridgehead atoms. The predicted molar refractivity (Wildman–Crippen MR) is 87.7 cm³/mol. The summed E-state index contributed by atoms with van der Waals surface area (Å²) in [6.45, 7) is 7.33. The SMILES string of the molecule is CCC(CC)C(CNC(C)c1cc(O)ccc1O)N(C)C. The molecule has 0 aromatic heterocycles. The molecular formula is C17H30N2O2. The van der Waals surface area contributed by atoms with Crippen molar-refractivity contribution >= 4 is 0 Å². The lowest BCUT2D eigenvalue weighted by molar-refractivity contribution is 0.190. The van der Waals surface area contributed by atoms with E-state index in [4.69, 9.17) is 0 Å². The van der Waals surface area contributed by atoms with Crippen molar-refractivity contribution in [1.82, 2.24) is 10.2 Å². The highest BCUT2D eigenvalue weighted by molar-refractivity contribution is 5.40. The van der Waals surface area contributed by atoms with Crippen LogP contribution in [0.15, 0.2) is 18.2 Å². The molecule has 4 nitrogen and oxygen atoms in total. The Labute approximate surface area is 128 Å². The maximum atomic E-state index is 9.92. The molecule has 120 valence electrons. The first kappa shape index (κ1) is 17.8. The summed E-state index contributed by atoms with van der Waals surface area (Å²) in [6.07, 6.45) is 2.32. The van der Waals surface area contributed by atoms with E-state index in [2.05, 4.69) is 38.2 Å². The standard InChI is InChI=1S/C17H30N2O2/c1-6-13(7-2)16(19(4)5)11-18-12(3)15-10-14(20)8-9-17(15)21/h8-10,12-13,16,18,20-21H,6-7,11H2,1-5H3. The first-order valence-corrected chi connectivity index (χ1v) is 7.82. The van der Waals surface area contributed by atoms with Gasteiger partial charge in [0.05, 0.1) is 0 Å². The number of likely N-dealkylation sites (N-methyl/N-ethyl adjacent to an activating group) is 1. The molecule has 2 unspecified atom stereocenters. The number of nitrogens with one attached hydrogen (secondary N) is 1. The molecule has 0 saturated carbocycles. The second-order valence-corrected chi connectivity index (χ2v) is 5.98. The summed E-state index contributed by atoms with van der Waals surface area (Å²) in [7, 11) is 4.22. The van der Waals surface area contributed by atoms with Crippen LogP contribution in [0.2, 0.25) is 0 Å². The van der Waals surface area contributed by atoms with Gasteiger partial charge in [0.1, 0.15) is 11.5 Å². The third-order valence-electron chi connectivity index (χ3n) is 4.37. The Balaban J connectivity index is 2.73. The summed E-state index contributed by atoms with van der Waals surface area (Å²) in [5.74, 6) is 1.05.